The standard InChI is InChI=1S/C19H17FN4O2S2/c1-12-4-2-3-5-15(12)21-17(26)11-27-19-24-23-18(28-19)22-16(25)10-13-6-8-14(20)9-7-13/h2-9H,10-11H2,1H3,(H,21,26)(H,22,23,25). The Labute approximate surface area is 169 Å². The van der Waals surface area contributed by atoms with Crippen molar-refractivity contribution in [3.63, 3.8) is 0 Å². The van der Waals surface area contributed by atoms with Crippen molar-refractivity contribution in [3.8, 4) is 0 Å². The molecule has 2 aromatic carbocycles. The zero-order valence-corrected chi connectivity index (χ0v) is 16.6. The van der Waals surface area contributed by atoms with Crippen LogP contribution in [0, 0.1) is 12.7 Å². The number of carbonyl (C=O) groups excluding carboxylic acids is 2. The molecule has 0 aliphatic heterocycles. The summed E-state index contributed by atoms with van der Waals surface area (Å²) in [5.41, 5.74) is 2.47. The maximum atomic E-state index is 12.9. The number of benzene rings is 2. The third kappa shape index (κ3) is 5.86. The van der Waals surface area contributed by atoms with Gasteiger partial charge in [-0.25, -0.2) is 4.39 Å². The van der Waals surface area contributed by atoms with Crippen LogP contribution in [0.3, 0.4) is 0 Å². The molecular formula is C19H17FN4O2S2. The first-order valence-corrected chi connectivity index (χ1v) is 10.2. The van der Waals surface area contributed by atoms with Gasteiger partial charge in [-0.2, -0.15) is 0 Å². The van der Waals surface area contributed by atoms with E-state index in [1.54, 1.807) is 12.1 Å². The van der Waals surface area contributed by atoms with Crippen LogP contribution in [0.4, 0.5) is 15.2 Å². The Morgan fingerprint density at radius 3 is 2.54 bits per heavy atom. The maximum absolute atomic E-state index is 12.9. The lowest BCUT2D eigenvalue weighted by Gasteiger charge is -2.06. The van der Waals surface area contributed by atoms with Crippen molar-refractivity contribution in [2.45, 2.75) is 17.7 Å². The fraction of sp³-hybridized carbons (Fsp3) is 0.158. The van der Waals surface area contributed by atoms with Gasteiger partial charge in [0, 0.05) is 5.69 Å². The molecule has 6 nitrogen and oxygen atoms in total. The number of aromatic nitrogens is 2. The van der Waals surface area contributed by atoms with E-state index in [2.05, 4.69) is 20.8 Å². The van der Waals surface area contributed by atoms with Gasteiger partial charge < -0.3 is 10.6 Å². The lowest BCUT2D eigenvalue weighted by Crippen LogP contribution is -2.14. The molecule has 0 atom stereocenters. The molecule has 3 aromatic rings. The summed E-state index contributed by atoms with van der Waals surface area (Å²) < 4.78 is 13.5. The quantitative estimate of drug-likeness (QED) is 0.451. The Morgan fingerprint density at radius 2 is 1.79 bits per heavy atom. The van der Waals surface area contributed by atoms with Crippen molar-refractivity contribution in [1.82, 2.24) is 10.2 Å². The second-order valence-electron chi connectivity index (χ2n) is 5.88. The van der Waals surface area contributed by atoms with Crippen LogP contribution in [0.25, 0.3) is 0 Å². The summed E-state index contributed by atoms with van der Waals surface area (Å²) in [4.78, 5) is 24.1. The molecule has 0 spiro atoms. The molecule has 0 fully saturated rings. The number of nitrogens with one attached hydrogen (secondary N) is 2. The summed E-state index contributed by atoms with van der Waals surface area (Å²) >= 11 is 2.44. The number of hydrogen-bond donors (Lipinski definition) is 2. The van der Waals surface area contributed by atoms with Gasteiger partial charge in [-0.15, -0.1) is 10.2 Å². The van der Waals surface area contributed by atoms with Gasteiger partial charge in [0.15, 0.2) is 4.34 Å². The van der Waals surface area contributed by atoms with Crippen LogP contribution in [0.2, 0.25) is 0 Å². The number of para-hydroxylation sites is 1. The Balaban J connectivity index is 1.47. The molecule has 9 heteroatoms. The minimum atomic E-state index is -0.346. The summed E-state index contributed by atoms with van der Waals surface area (Å²) in [5.74, 6) is -0.568. The normalized spacial score (nSPS) is 10.5. The van der Waals surface area contributed by atoms with Crippen molar-refractivity contribution in [2.75, 3.05) is 16.4 Å². The van der Waals surface area contributed by atoms with Crippen molar-refractivity contribution < 1.29 is 14.0 Å². The van der Waals surface area contributed by atoms with Crippen molar-refractivity contribution in [2.24, 2.45) is 0 Å². The van der Waals surface area contributed by atoms with Crippen molar-refractivity contribution in [1.29, 1.82) is 0 Å². The average molecular weight is 417 g/mol. The van der Waals surface area contributed by atoms with Gasteiger partial charge in [0.2, 0.25) is 16.9 Å². The van der Waals surface area contributed by atoms with Crippen molar-refractivity contribution >= 4 is 45.7 Å². The molecule has 144 valence electrons. The van der Waals surface area contributed by atoms with Crippen LogP contribution >= 0.6 is 23.1 Å². The summed E-state index contributed by atoms with van der Waals surface area (Å²) in [6, 6.07) is 13.3. The molecule has 28 heavy (non-hydrogen) atoms. The average Bonchev–Trinajstić information content (AvgIpc) is 3.11. The number of carbonyl (C=O) groups is 2. The molecule has 0 bridgehead atoms. The molecule has 2 N–H and O–H groups in total. The van der Waals surface area contributed by atoms with E-state index in [0.29, 0.717) is 15.0 Å². The third-order valence-electron chi connectivity index (χ3n) is 3.68. The molecule has 0 saturated carbocycles. The zero-order valence-electron chi connectivity index (χ0n) is 14.9. The molecule has 0 aliphatic rings. The number of amides is 2. The van der Waals surface area contributed by atoms with Gasteiger partial charge in [-0.3, -0.25) is 9.59 Å². The number of rotatable bonds is 7. The van der Waals surface area contributed by atoms with Gasteiger partial charge in [-0.1, -0.05) is 53.4 Å². The smallest absolute Gasteiger partial charge is 0.234 e. The molecule has 1 aromatic heterocycles. The van der Waals surface area contributed by atoms with Crippen LogP contribution in [-0.4, -0.2) is 27.8 Å². The van der Waals surface area contributed by atoms with Gasteiger partial charge >= 0.3 is 0 Å². The zero-order chi connectivity index (χ0) is 19.9. The minimum absolute atomic E-state index is 0.112. The van der Waals surface area contributed by atoms with Crippen LogP contribution < -0.4 is 10.6 Å². The fourth-order valence-corrected chi connectivity index (χ4v) is 3.86. The highest BCUT2D eigenvalue weighted by molar-refractivity contribution is 8.01. The lowest BCUT2D eigenvalue weighted by molar-refractivity contribution is -0.115. The maximum Gasteiger partial charge on any atom is 0.234 e. The molecular weight excluding hydrogens is 399 g/mol. The monoisotopic (exact) mass is 416 g/mol. The highest BCUT2D eigenvalue weighted by atomic mass is 32.2. The molecule has 0 aliphatic carbocycles. The van der Waals surface area contributed by atoms with E-state index < -0.39 is 0 Å². The van der Waals surface area contributed by atoms with Crippen molar-refractivity contribution in [3.05, 3.63) is 65.5 Å². The predicted octanol–water partition coefficient (Wildman–Crippen LogP) is 3.90. The van der Waals surface area contributed by atoms with Crippen LogP contribution in [-0.2, 0) is 16.0 Å². The van der Waals surface area contributed by atoms with E-state index in [-0.39, 0.29) is 29.8 Å². The third-order valence-corrected chi connectivity index (χ3v) is 5.65. The van der Waals surface area contributed by atoms with E-state index in [4.69, 9.17) is 0 Å². The van der Waals surface area contributed by atoms with E-state index in [1.807, 2.05) is 31.2 Å². The minimum Gasteiger partial charge on any atom is -0.325 e. The highest BCUT2D eigenvalue weighted by Crippen LogP contribution is 2.26. The summed E-state index contributed by atoms with van der Waals surface area (Å²) in [6.45, 7) is 1.92. The first-order chi connectivity index (χ1) is 13.5. The SMILES string of the molecule is Cc1ccccc1NC(=O)CSc1nnc(NC(=O)Cc2ccc(F)cc2)s1. The highest BCUT2D eigenvalue weighted by Gasteiger charge is 2.11. The number of nitrogens with zero attached hydrogens (tertiary/aromatic N) is 2. The molecule has 2 amide bonds. The van der Waals surface area contributed by atoms with Crippen LogP contribution in [0.1, 0.15) is 11.1 Å². The number of hydrogen-bond acceptors (Lipinski definition) is 6. The first-order valence-electron chi connectivity index (χ1n) is 8.35. The largest absolute Gasteiger partial charge is 0.325 e. The summed E-state index contributed by atoms with van der Waals surface area (Å²) in [7, 11) is 0. The molecule has 3 rings (SSSR count). The molecule has 0 radical (unpaired) electrons. The first kappa shape index (κ1) is 20.0. The summed E-state index contributed by atoms with van der Waals surface area (Å²) in [6.07, 6.45) is 0.112. The van der Waals surface area contributed by atoms with Crippen LogP contribution in [0.5, 0.6) is 0 Å². The molecule has 0 unspecified atom stereocenters. The van der Waals surface area contributed by atoms with Gasteiger partial charge in [0.25, 0.3) is 0 Å². The Bertz CT molecular complexity index is 976. The number of thioether (sulfide) groups is 1. The van der Waals surface area contributed by atoms with Gasteiger partial charge in [0.1, 0.15) is 5.82 Å². The van der Waals surface area contributed by atoms with Gasteiger partial charge in [0.05, 0.1) is 12.2 Å². The Morgan fingerprint density at radius 1 is 1.04 bits per heavy atom. The van der Waals surface area contributed by atoms with E-state index in [9.17, 15) is 14.0 Å². The topological polar surface area (TPSA) is 84.0 Å². The van der Waals surface area contributed by atoms with Crippen LogP contribution in [0.15, 0.2) is 52.9 Å². The predicted molar refractivity (Wildman–Crippen MR) is 109 cm³/mol. The molecule has 1 heterocycles. The van der Waals surface area contributed by atoms with E-state index in [0.717, 1.165) is 11.3 Å². The molecule has 0 saturated heterocycles. The summed E-state index contributed by atoms with van der Waals surface area (Å²) in [5, 5.41) is 13.7. The Kier molecular flexibility index (Phi) is 6.72. The Hall–Kier alpha value is -2.78. The van der Waals surface area contributed by atoms with Gasteiger partial charge in [-0.05, 0) is 36.2 Å². The number of anilines is 2. The lowest BCUT2D eigenvalue weighted by atomic mass is 10.1. The van der Waals surface area contributed by atoms with E-state index in [1.165, 1.54) is 35.2 Å². The fourth-order valence-electron chi connectivity index (χ4n) is 2.30. The number of halogens is 1. The second-order valence-corrected chi connectivity index (χ2v) is 8.08. The van der Waals surface area contributed by atoms with E-state index >= 15 is 0 Å². The number of aryl methyl sites for hydroxylation is 1. The second kappa shape index (κ2) is 9.43.